The lowest BCUT2D eigenvalue weighted by Gasteiger charge is -2.28. The maximum absolute atomic E-state index is 11.4. The highest BCUT2D eigenvalue weighted by Crippen LogP contribution is 2.40. The minimum absolute atomic E-state index is 0.0909. The van der Waals surface area contributed by atoms with Gasteiger partial charge < -0.3 is 15.2 Å². The normalized spacial score (nSPS) is 24.6. The highest BCUT2D eigenvalue weighted by atomic mass is 16.6. The summed E-state index contributed by atoms with van der Waals surface area (Å²) < 4.78 is 5.05. The molecule has 2 atom stereocenters. The standard InChI is InChI=1S/C14H18N2O5/c1-14(13(17)18)5-3-4-12(14)15-9-6-10(16(19)20)8-11(7-9)21-2/h6-8,12,15H,3-5H2,1-2H3,(H,17,18). The van der Waals surface area contributed by atoms with E-state index in [1.54, 1.807) is 13.0 Å². The highest BCUT2D eigenvalue weighted by Gasteiger charge is 2.45. The molecule has 0 aromatic heterocycles. The van der Waals surface area contributed by atoms with Crippen molar-refractivity contribution in [3.63, 3.8) is 0 Å². The summed E-state index contributed by atoms with van der Waals surface area (Å²) in [6.45, 7) is 1.70. The highest BCUT2D eigenvalue weighted by molar-refractivity contribution is 5.76. The van der Waals surface area contributed by atoms with E-state index in [1.807, 2.05) is 0 Å². The van der Waals surface area contributed by atoms with E-state index in [2.05, 4.69) is 5.32 Å². The molecular weight excluding hydrogens is 276 g/mol. The van der Waals surface area contributed by atoms with Crippen LogP contribution in [0.15, 0.2) is 18.2 Å². The Kier molecular flexibility index (Phi) is 4.02. The maximum atomic E-state index is 11.4. The van der Waals surface area contributed by atoms with Crippen LogP contribution in [0.2, 0.25) is 0 Å². The molecule has 0 bridgehead atoms. The molecule has 2 rings (SSSR count). The first-order valence-electron chi connectivity index (χ1n) is 6.70. The van der Waals surface area contributed by atoms with Gasteiger partial charge in [0.2, 0.25) is 0 Å². The Morgan fingerprint density at radius 1 is 1.52 bits per heavy atom. The van der Waals surface area contributed by atoms with Crippen LogP contribution in [0, 0.1) is 15.5 Å². The third-order valence-corrected chi connectivity index (χ3v) is 4.13. The van der Waals surface area contributed by atoms with Gasteiger partial charge in [0, 0.05) is 23.9 Å². The Morgan fingerprint density at radius 2 is 2.24 bits per heavy atom. The molecule has 1 saturated carbocycles. The average Bonchev–Trinajstić information content (AvgIpc) is 2.81. The number of nitro benzene ring substituents is 1. The second-order valence-corrected chi connectivity index (χ2v) is 5.49. The fraction of sp³-hybridized carbons (Fsp3) is 0.500. The van der Waals surface area contributed by atoms with Crippen LogP contribution in [0.5, 0.6) is 5.75 Å². The number of aliphatic carboxylic acids is 1. The molecule has 7 heteroatoms. The molecule has 114 valence electrons. The summed E-state index contributed by atoms with van der Waals surface area (Å²) in [6.07, 6.45) is 2.12. The number of anilines is 1. The molecule has 0 spiro atoms. The number of carboxylic acid groups (broad SMARTS) is 1. The topological polar surface area (TPSA) is 102 Å². The number of nitrogens with zero attached hydrogens (tertiary/aromatic N) is 1. The van der Waals surface area contributed by atoms with Crippen molar-refractivity contribution in [2.75, 3.05) is 12.4 Å². The predicted octanol–water partition coefficient (Wildman–Crippen LogP) is 2.66. The first-order valence-corrected chi connectivity index (χ1v) is 6.70. The lowest BCUT2D eigenvalue weighted by Crippen LogP contribution is -2.40. The van der Waals surface area contributed by atoms with E-state index in [-0.39, 0.29) is 11.7 Å². The number of ether oxygens (including phenoxy) is 1. The largest absolute Gasteiger partial charge is 0.496 e. The molecule has 2 N–H and O–H groups in total. The first kappa shape index (κ1) is 15.1. The van der Waals surface area contributed by atoms with Gasteiger partial charge in [0.05, 0.1) is 23.5 Å². The summed E-state index contributed by atoms with van der Waals surface area (Å²) in [7, 11) is 1.43. The zero-order chi connectivity index (χ0) is 15.6. The average molecular weight is 294 g/mol. The number of rotatable bonds is 5. The van der Waals surface area contributed by atoms with Gasteiger partial charge in [0.25, 0.3) is 5.69 Å². The van der Waals surface area contributed by atoms with Crippen LogP contribution in [0.1, 0.15) is 26.2 Å². The van der Waals surface area contributed by atoms with Gasteiger partial charge in [-0.15, -0.1) is 0 Å². The van der Waals surface area contributed by atoms with Gasteiger partial charge in [-0.05, 0) is 19.8 Å². The van der Waals surface area contributed by atoms with E-state index in [4.69, 9.17) is 4.74 Å². The lowest BCUT2D eigenvalue weighted by atomic mass is 9.85. The fourth-order valence-electron chi connectivity index (χ4n) is 2.74. The third kappa shape index (κ3) is 2.91. The van der Waals surface area contributed by atoms with Gasteiger partial charge in [-0.2, -0.15) is 0 Å². The van der Waals surface area contributed by atoms with Crippen LogP contribution in [0.4, 0.5) is 11.4 Å². The van der Waals surface area contributed by atoms with Gasteiger partial charge in [-0.1, -0.05) is 6.42 Å². The Morgan fingerprint density at radius 3 is 2.81 bits per heavy atom. The summed E-state index contributed by atoms with van der Waals surface area (Å²) in [5.41, 5.74) is -0.454. The zero-order valence-electron chi connectivity index (χ0n) is 12.0. The van der Waals surface area contributed by atoms with Crippen molar-refractivity contribution < 1.29 is 19.6 Å². The van der Waals surface area contributed by atoms with Gasteiger partial charge in [-0.25, -0.2) is 0 Å². The summed E-state index contributed by atoms with van der Waals surface area (Å²) in [5.74, 6) is -0.489. The predicted molar refractivity (Wildman–Crippen MR) is 76.7 cm³/mol. The molecule has 0 aliphatic heterocycles. The number of methoxy groups -OCH3 is 1. The van der Waals surface area contributed by atoms with Crippen molar-refractivity contribution in [1.29, 1.82) is 0 Å². The molecule has 0 saturated heterocycles. The molecule has 1 aliphatic rings. The number of carboxylic acids is 1. The monoisotopic (exact) mass is 294 g/mol. The number of carbonyl (C=O) groups is 1. The van der Waals surface area contributed by atoms with Crippen molar-refractivity contribution in [2.24, 2.45) is 5.41 Å². The second kappa shape index (κ2) is 5.59. The molecule has 21 heavy (non-hydrogen) atoms. The summed E-state index contributed by atoms with van der Waals surface area (Å²) in [5, 5.41) is 23.4. The Balaban J connectivity index is 2.28. The van der Waals surface area contributed by atoms with Crippen molar-refractivity contribution in [3.8, 4) is 5.75 Å². The Bertz CT molecular complexity index is 574. The molecule has 0 radical (unpaired) electrons. The number of nitrogens with one attached hydrogen (secondary N) is 1. The van der Waals surface area contributed by atoms with E-state index in [9.17, 15) is 20.0 Å². The summed E-state index contributed by atoms with van der Waals surface area (Å²) in [4.78, 5) is 21.9. The Labute approximate surface area is 122 Å². The quantitative estimate of drug-likeness (QED) is 0.639. The Hall–Kier alpha value is -2.31. The number of hydrogen-bond acceptors (Lipinski definition) is 5. The van der Waals surface area contributed by atoms with Gasteiger partial charge in [0.1, 0.15) is 5.75 Å². The molecule has 7 nitrogen and oxygen atoms in total. The lowest BCUT2D eigenvalue weighted by molar-refractivity contribution is -0.384. The molecule has 1 aromatic carbocycles. The van der Waals surface area contributed by atoms with Crippen molar-refractivity contribution >= 4 is 17.3 Å². The van der Waals surface area contributed by atoms with Gasteiger partial charge >= 0.3 is 5.97 Å². The number of nitro groups is 1. The van der Waals surface area contributed by atoms with Gasteiger partial charge in [-0.3, -0.25) is 14.9 Å². The van der Waals surface area contributed by atoms with Gasteiger partial charge in [0.15, 0.2) is 0 Å². The van der Waals surface area contributed by atoms with Crippen LogP contribution in [0.25, 0.3) is 0 Å². The SMILES string of the molecule is COc1cc(NC2CCCC2(C)C(=O)O)cc([N+](=O)[O-])c1. The second-order valence-electron chi connectivity index (χ2n) is 5.49. The minimum atomic E-state index is -0.863. The van der Waals surface area contributed by atoms with E-state index < -0.39 is 16.3 Å². The molecule has 0 heterocycles. The van der Waals surface area contributed by atoms with E-state index >= 15 is 0 Å². The van der Waals surface area contributed by atoms with Crippen molar-refractivity contribution in [3.05, 3.63) is 28.3 Å². The number of non-ortho nitro benzene ring substituents is 1. The van der Waals surface area contributed by atoms with Crippen molar-refractivity contribution in [1.82, 2.24) is 0 Å². The van der Waals surface area contributed by atoms with Crippen LogP contribution >= 0.6 is 0 Å². The molecule has 1 aromatic rings. The maximum Gasteiger partial charge on any atom is 0.311 e. The molecular formula is C14H18N2O5. The molecule has 0 amide bonds. The zero-order valence-corrected chi connectivity index (χ0v) is 12.0. The van der Waals surface area contributed by atoms with Crippen molar-refractivity contribution in [2.45, 2.75) is 32.2 Å². The van der Waals surface area contributed by atoms with E-state index in [1.165, 1.54) is 19.2 Å². The summed E-state index contributed by atoms with van der Waals surface area (Å²) in [6, 6.07) is 4.09. The van der Waals surface area contributed by atoms with E-state index in [0.717, 1.165) is 6.42 Å². The molecule has 1 fully saturated rings. The summed E-state index contributed by atoms with van der Waals surface area (Å²) >= 11 is 0. The van der Waals surface area contributed by atoms with Crippen LogP contribution in [-0.4, -0.2) is 29.2 Å². The van der Waals surface area contributed by atoms with E-state index in [0.29, 0.717) is 24.3 Å². The third-order valence-electron chi connectivity index (χ3n) is 4.13. The van der Waals surface area contributed by atoms with Crippen LogP contribution < -0.4 is 10.1 Å². The molecule has 1 aliphatic carbocycles. The molecule has 2 unspecified atom stereocenters. The number of hydrogen-bond donors (Lipinski definition) is 2. The minimum Gasteiger partial charge on any atom is -0.496 e. The fourth-order valence-corrected chi connectivity index (χ4v) is 2.74. The van der Waals surface area contributed by atoms with Crippen LogP contribution in [0.3, 0.4) is 0 Å². The van der Waals surface area contributed by atoms with Crippen LogP contribution in [-0.2, 0) is 4.79 Å². The smallest absolute Gasteiger partial charge is 0.311 e. The first-order chi connectivity index (χ1) is 9.86. The number of benzene rings is 1.